The van der Waals surface area contributed by atoms with Crippen LogP contribution in [0.3, 0.4) is 0 Å². The van der Waals surface area contributed by atoms with E-state index in [-0.39, 0.29) is 12.2 Å². The number of benzene rings is 1. The first-order valence-electron chi connectivity index (χ1n) is 7.21. The van der Waals surface area contributed by atoms with E-state index in [9.17, 15) is 26.0 Å². The maximum atomic E-state index is 13.1. The molecule has 1 aromatic heterocycles. The van der Waals surface area contributed by atoms with Gasteiger partial charge >= 0.3 is 0 Å². The van der Waals surface area contributed by atoms with Gasteiger partial charge in [-0.2, -0.15) is 0 Å². The van der Waals surface area contributed by atoms with E-state index >= 15 is 0 Å². The molecule has 0 aliphatic rings. The summed E-state index contributed by atoms with van der Waals surface area (Å²) in [5, 5.41) is 2.44. The van der Waals surface area contributed by atoms with E-state index in [2.05, 4.69) is 5.32 Å². The first-order valence-corrected chi connectivity index (χ1v) is 10.2. The maximum Gasteiger partial charge on any atom is 0.244 e. The molecule has 1 heterocycles. The lowest BCUT2D eigenvalue weighted by atomic mass is 10.3. The lowest BCUT2D eigenvalue weighted by Crippen LogP contribution is -2.24. The van der Waals surface area contributed by atoms with Gasteiger partial charge < -0.3 is 9.88 Å². The summed E-state index contributed by atoms with van der Waals surface area (Å²) >= 11 is 0. The molecule has 0 unspecified atom stereocenters. The molecule has 2 aromatic rings. The molecular weight excluding hydrogens is 387 g/mol. The lowest BCUT2D eigenvalue weighted by molar-refractivity contribution is -0.116. The van der Waals surface area contributed by atoms with Crippen molar-refractivity contribution >= 4 is 31.6 Å². The molecule has 12 heteroatoms. The Labute approximate surface area is 150 Å². The van der Waals surface area contributed by atoms with E-state index in [0.717, 1.165) is 37.1 Å². The Bertz CT molecular complexity index is 980. The van der Waals surface area contributed by atoms with Crippen LogP contribution in [0, 0.1) is 5.82 Å². The van der Waals surface area contributed by atoms with Crippen LogP contribution in [0.1, 0.15) is 0 Å². The van der Waals surface area contributed by atoms with Crippen molar-refractivity contribution in [1.82, 2.24) is 14.0 Å². The minimum Gasteiger partial charge on any atom is -0.342 e. The lowest BCUT2D eigenvalue weighted by Gasteiger charge is -2.06. The van der Waals surface area contributed by atoms with E-state index in [0.29, 0.717) is 0 Å². The summed E-state index contributed by atoms with van der Waals surface area (Å²) in [6.07, 6.45) is 2.06. The molecule has 3 N–H and O–H groups in total. The zero-order chi connectivity index (χ0) is 19.5. The highest BCUT2D eigenvalue weighted by Gasteiger charge is 2.27. The third-order valence-electron chi connectivity index (χ3n) is 3.36. The van der Waals surface area contributed by atoms with E-state index in [4.69, 9.17) is 0 Å². The summed E-state index contributed by atoms with van der Waals surface area (Å²) in [5.41, 5.74) is 0.216. The van der Waals surface area contributed by atoms with Gasteiger partial charge in [-0.25, -0.2) is 30.7 Å². The van der Waals surface area contributed by atoms with Crippen molar-refractivity contribution in [3.05, 3.63) is 42.5 Å². The van der Waals surface area contributed by atoms with Gasteiger partial charge in [-0.3, -0.25) is 4.79 Å². The second kappa shape index (κ2) is 7.53. The Hall–Kier alpha value is -2.28. The van der Waals surface area contributed by atoms with Gasteiger partial charge in [0.1, 0.15) is 22.2 Å². The molecule has 0 spiro atoms. The van der Waals surface area contributed by atoms with Crippen LogP contribution in [-0.2, 0) is 31.4 Å². The second-order valence-corrected chi connectivity index (χ2v) is 8.84. The number of anilines is 1. The second-order valence-electron chi connectivity index (χ2n) is 5.13. The molecule has 0 saturated heterocycles. The molecule has 142 valence electrons. The first kappa shape index (κ1) is 20.0. The summed E-state index contributed by atoms with van der Waals surface area (Å²) in [6.45, 7) is -0.373. The third kappa shape index (κ3) is 4.46. The molecule has 0 aliphatic heterocycles. The monoisotopic (exact) mass is 404 g/mol. The molecular formula is C14H17FN4O5S2. The normalized spacial score (nSPS) is 12.1. The van der Waals surface area contributed by atoms with Crippen LogP contribution in [0.25, 0.3) is 0 Å². The number of carbonyl (C=O) groups is 1. The quantitative estimate of drug-likeness (QED) is 0.603. The first-order chi connectivity index (χ1) is 12.1. The van der Waals surface area contributed by atoms with E-state index in [1.54, 1.807) is 0 Å². The van der Waals surface area contributed by atoms with Gasteiger partial charge in [0.2, 0.25) is 26.0 Å². The van der Waals surface area contributed by atoms with Crippen molar-refractivity contribution in [3.63, 3.8) is 0 Å². The van der Waals surface area contributed by atoms with Crippen molar-refractivity contribution in [2.45, 2.75) is 16.3 Å². The molecule has 0 atom stereocenters. The predicted octanol–water partition coefficient (Wildman–Crippen LogP) is 0.0821. The zero-order valence-corrected chi connectivity index (χ0v) is 15.5. The fourth-order valence-electron chi connectivity index (χ4n) is 2.11. The molecule has 1 amide bonds. The summed E-state index contributed by atoms with van der Waals surface area (Å²) < 4.78 is 66.5. The number of hydrogen-bond donors (Lipinski definition) is 3. The van der Waals surface area contributed by atoms with Crippen LogP contribution < -0.4 is 14.8 Å². The van der Waals surface area contributed by atoms with Crippen LogP contribution in [0.15, 0.2) is 46.5 Å². The predicted molar refractivity (Wildman–Crippen MR) is 92.0 cm³/mol. The molecule has 26 heavy (non-hydrogen) atoms. The SMILES string of the molecule is CNS(=O)(=O)c1cn(CC(=O)Nc2cccc(F)c2)cc1S(=O)(=O)NC. The number of rotatable bonds is 7. The minimum absolute atomic E-state index is 0.216. The number of halogens is 1. The van der Waals surface area contributed by atoms with Crippen molar-refractivity contribution < 1.29 is 26.0 Å². The molecule has 1 aromatic carbocycles. The Morgan fingerprint density at radius 3 is 2.04 bits per heavy atom. The van der Waals surface area contributed by atoms with Crippen molar-refractivity contribution in [2.24, 2.45) is 0 Å². The number of amides is 1. The Kier molecular flexibility index (Phi) is 5.81. The molecule has 0 bridgehead atoms. The number of aromatic nitrogens is 1. The average Bonchev–Trinajstić information content (AvgIpc) is 3.00. The van der Waals surface area contributed by atoms with Crippen molar-refractivity contribution in [1.29, 1.82) is 0 Å². The molecule has 0 saturated carbocycles. The molecule has 0 aliphatic carbocycles. The molecule has 0 fully saturated rings. The van der Waals surface area contributed by atoms with Crippen LogP contribution in [-0.4, -0.2) is 41.4 Å². The molecule has 9 nitrogen and oxygen atoms in total. The molecule has 0 radical (unpaired) electrons. The Morgan fingerprint density at radius 2 is 1.58 bits per heavy atom. The van der Waals surface area contributed by atoms with Gasteiger partial charge in [-0.05, 0) is 32.3 Å². The number of sulfonamides is 2. The van der Waals surface area contributed by atoms with Gasteiger partial charge in [0.05, 0.1) is 0 Å². The van der Waals surface area contributed by atoms with E-state index in [1.807, 2.05) is 9.44 Å². The van der Waals surface area contributed by atoms with Crippen LogP contribution in [0.5, 0.6) is 0 Å². The number of nitrogens with one attached hydrogen (secondary N) is 3. The average molecular weight is 404 g/mol. The van der Waals surface area contributed by atoms with Gasteiger partial charge in [0.15, 0.2) is 0 Å². The Balaban J connectivity index is 2.33. The highest BCUT2D eigenvalue weighted by atomic mass is 32.2. The van der Waals surface area contributed by atoms with Crippen LogP contribution in [0.2, 0.25) is 0 Å². The van der Waals surface area contributed by atoms with Gasteiger partial charge in [-0.1, -0.05) is 6.07 Å². The highest BCUT2D eigenvalue weighted by molar-refractivity contribution is 7.92. The number of carbonyl (C=O) groups excluding carboxylic acids is 1. The number of nitrogens with zero attached hydrogens (tertiary/aromatic N) is 1. The van der Waals surface area contributed by atoms with Crippen molar-refractivity contribution in [3.8, 4) is 0 Å². The fourth-order valence-corrected chi connectivity index (χ4v) is 4.39. The summed E-state index contributed by atoms with van der Waals surface area (Å²) in [6, 6.07) is 5.22. The van der Waals surface area contributed by atoms with Crippen LogP contribution >= 0.6 is 0 Å². The highest BCUT2D eigenvalue weighted by Crippen LogP contribution is 2.22. The largest absolute Gasteiger partial charge is 0.342 e. The van der Waals surface area contributed by atoms with Crippen molar-refractivity contribution in [2.75, 3.05) is 19.4 Å². The van der Waals surface area contributed by atoms with E-state index < -0.39 is 41.6 Å². The summed E-state index contributed by atoms with van der Waals surface area (Å²) in [7, 11) is -5.87. The number of hydrogen-bond acceptors (Lipinski definition) is 5. The zero-order valence-electron chi connectivity index (χ0n) is 13.9. The Morgan fingerprint density at radius 1 is 1.04 bits per heavy atom. The molecule has 2 rings (SSSR count). The maximum absolute atomic E-state index is 13.1. The summed E-state index contributed by atoms with van der Waals surface area (Å²) in [4.78, 5) is 11.1. The van der Waals surface area contributed by atoms with Crippen LogP contribution in [0.4, 0.5) is 10.1 Å². The third-order valence-corrected chi connectivity index (χ3v) is 6.37. The fraction of sp³-hybridized carbons (Fsp3) is 0.214. The summed E-state index contributed by atoms with van der Waals surface area (Å²) in [5.74, 6) is -1.12. The standard InChI is InChI=1S/C14H17FN4O5S2/c1-16-25(21,22)12-7-19(8-13(12)26(23,24)17-2)9-14(20)18-11-5-3-4-10(15)6-11/h3-8,16-17H,9H2,1-2H3,(H,18,20). The van der Waals surface area contributed by atoms with Gasteiger partial charge in [0, 0.05) is 18.1 Å². The minimum atomic E-state index is -4.07. The van der Waals surface area contributed by atoms with Gasteiger partial charge in [-0.15, -0.1) is 0 Å². The van der Waals surface area contributed by atoms with E-state index in [1.165, 1.54) is 18.2 Å². The topological polar surface area (TPSA) is 126 Å². The smallest absolute Gasteiger partial charge is 0.244 e. The van der Waals surface area contributed by atoms with Gasteiger partial charge in [0.25, 0.3) is 0 Å².